The van der Waals surface area contributed by atoms with Crippen molar-refractivity contribution in [1.29, 1.82) is 0 Å². The monoisotopic (exact) mass is 232 g/mol. The minimum Gasteiger partial charge on any atom is -0.288 e. The molecule has 0 aromatic rings. The summed E-state index contributed by atoms with van der Waals surface area (Å²) in [7, 11) is 0. The van der Waals surface area contributed by atoms with Crippen LogP contribution in [0.1, 0.15) is 46.0 Å². The zero-order valence-electron chi connectivity index (χ0n) is 9.63. The summed E-state index contributed by atoms with van der Waals surface area (Å²) >= 11 is 5.55. The molecule has 1 aliphatic heterocycles. The van der Waals surface area contributed by atoms with Crippen molar-refractivity contribution >= 4 is 17.5 Å². The smallest absolute Gasteiger partial charge is 0.234 e. The van der Waals surface area contributed by atoms with Gasteiger partial charge in [0.05, 0.1) is 0 Å². The van der Waals surface area contributed by atoms with Crippen molar-refractivity contribution in [2.24, 2.45) is 0 Å². The molecule has 0 aromatic carbocycles. The van der Waals surface area contributed by atoms with E-state index in [2.05, 4.69) is 24.3 Å². The van der Waals surface area contributed by atoms with Crippen LogP contribution in [0.2, 0.25) is 0 Å². The molecule has 1 rings (SSSR count). The maximum absolute atomic E-state index is 11.5. The van der Waals surface area contributed by atoms with Crippen LogP contribution in [0.15, 0.2) is 0 Å². The van der Waals surface area contributed by atoms with Crippen LogP contribution in [-0.4, -0.2) is 28.9 Å². The van der Waals surface area contributed by atoms with E-state index in [0.29, 0.717) is 24.4 Å². The van der Waals surface area contributed by atoms with Gasteiger partial charge in [-0.25, -0.2) is 5.01 Å². The number of hydrogen-bond donors (Lipinski definition) is 1. The summed E-state index contributed by atoms with van der Waals surface area (Å²) in [6, 6.07) is 0.905. The summed E-state index contributed by atoms with van der Waals surface area (Å²) < 4.78 is 0. The minimum absolute atomic E-state index is 0.0938. The Labute approximate surface area is 97.1 Å². The molecule has 1 aliphatic rings. The summed E-state index contributed by atoms with van der Waals surface area (Å²) in [6.45, 7) is 4.33. The molecule has 1 N–H and O–H groups in total. The van der Waals surface area contributed by atoms with Crippen LogP contribution in [0, 0.1) is 0 Å². The van der Waals surface area contributed by atoms with Gasteiger partial charge in [0.2, 0.25) is 5.91 Å². The minimum atomic E-state index is 0.0938. The molecular formula is C11H21ClN2O. The number of nitrogens with zero attached hydrogens (tertiary/aromatic N) is 1. The molecule has 0 radical (unpaired) electrons. The Bertz CT molecular complexity index is 201. The van der Waals surface area contributed by atoms with Gasteiger partial charge >= 0.3 is 0 Å². The van der Waals surface area contributed by atoms with Crippen molar-refractivity contribution in [3.05, 3.63) is 0 Å². The van der Waals surface area contributed by atoms with Crippen molar-refractivity contribution in [2.45, 2.75) is 58.0 Å². The Balaban J connectivity index is 2.37. The second-order valence-corrected chi connectivity index (χ2v) is 4.74. The average Bonchev–Trinajstić information content (AvgIpc) is 2.21. The molecule has 15 heavy (non-hydrogen) atoms. The molecule has 0 aromatic heterocycles. The van der Waals surface area contributed by atoms with E-state index in [-0.39, 0.29) is 5.91 Å². The van der Waals surface area contributed by atoms with E-state index in [1.165, 1.54) is 19.3 Å². The number of hydrazine groups is 1. The highest BCUT2D eigenvalue weighted by Crippen LogP contribution is 2.20. The van der Waals surface area contributed by atoms with Crippen LogP contribution < -0.4 is 5.43 Å². The Morgan fingerprint density at radius 1 is 1.40 bits per heavy atom. The number of hydrogen-bond acceptors (Lipinski definition) is 2. The summed E-state index contributed by atoms with van der Waals surface area (Å²) in [5.74, 6) is 0.648. The fraction of sp³-hybridized carbons (Fsp3) is 0.909. The highest BCUT2D eigenvalue weighted by Gasteiger charge is 2.25. The number of halogens is 1. The molecular weight excluding hydrogens is 212 g/mol. The van der Waals surface area contributed by atoms with Crippen LogP contribution in [0.3, 0.4) is 0 Å². The Kier molecular flexibility index (Phi) is 5.40. The lowest BCUT2D eigenvalue weighted by molar-refractivity contribution is -0.129. The van der Waals surface area contributed by atoms with E-state index in [4.69, 9.17) is 11.6 Å². The van der Waals surface area contributed by atoms with Crippen molar-refractivity contribution in [3.63, 3.8) is 0 Å². The van der Waals surface area contributed by atoms with Crippen molar-refractivity contribution in [1.82, 2.24) is 10.4 Å². The largest absolute Gasteiger partial charge is 0.288 e. The van der Waals surface area contributed by atoms with E-state index in [1.54, 1.807) is 0 Å². The van der Waals surface area contributed by atoms with Gasteiger partial charge in [-0.15, -0.1) is 11.6 Å². The fourth-order valence-corrected chi connectivity index (χ4v) is 2.20. The van der Waals surface area contributed by atoms with Gasteiger partial charge < -0.3 is 0 Å². The molecule has 4 heteroatoms. The van der Waals surface area contributed by atoms with Crippen molar-refractivity contribution in [3.8, 4) is 0 Å². The molecule has 1 saturated heterocycles. The summed E-state index contributed by atoms with van der Waals surface area (Å²) in [5.41, 5.74) is 2.99. The summed E-state index contributed by atoms with van der Waals surface area (Å²) in [5, 5.41) is 2.10. The Morgan fingerprint density at radius 2 is 2.00 bits per heavy atom. The molecule has 1 amide bonds. The van der Waals surface area contributed by atoms with Crippen LogP contribution >= 0.6 is 11.6 Å². The number of amides is 1. The third-order valence-electron chi connectivity index (χ3n) is 2.98. The van der Waals surface area contributed by atoms with Crippen molar-refractivity contribution < 1.29 is 4.79 Å². The number of alkyl halides is 1. The maximum Gasteiger partial charge on any atom is 0.234 e. The number of nitrogens with one attached hydrogen (secondary N) is 1. The highest BCUT2D eigenvalue weighted by molar-refractivity contribution is 6.17. The van der Waals surface area contributed by atoms with Gasteiger partial charge in [0, 0.05) is 24.4 Å². The summed E-state index contributed by atoms with van der Waals surface area (Å²) in [6.07, 6.45) is 4.88. The number of piperidine rings is 1. The number of carbonyl (C=O) groups excluding carboxylic acids is 1. The van der Waals surface area contributed by atoms with E-state index in [0.717, 1.165) is 6.42 Å². The van der Waals surface area contributed by atoms with Gasteiger partial charge in [0.1, 0.15) is 0 Å². The van der Waals surface area contributed by atoms with E-state index < -0.39 is 0 Å². The van der Waals surface area contributed by atoms with Crippen LogP contribution in [0.25, 0.3) is 0 Å². The van der Waals surface area contributed by atoms with Crippen LogP contribution in [-0.2, 0) is 4.79 Å². The third-order valence-corrected chi connectivity index (χ3v) is 3.25. The molecule has 0 aliphatic carbocycles. The third kappa shape index (κ3) is 3.99. The molecule has 2 atom stereocenters. The topological polar surface area (TPSA) is 32.3 Å². The molecule has 0 saturated carbocycles. The second kappa shape index (κ2) is 6.33. The molecule has 1 fully saturated rings. The molecule has 3 nitrogen and oxygen atoms in total. The SMILES string of the molecule is CC1CCCC(C)N1NC(=O)CCCCl. The van der Waals surface area contributed by atoms with E-state index in [1.807, 2.05) is 0 Å². The van der Waals surface area contributed by atoms with Crippen LogP contribution in [0.4, 0.5) is 0 Å². The lowest BCUT2D eigenvalue weighted by Gasteiger charge is -2.38. The van der Waals surface area contributed by atoms with Crippen molar-refractivity contribution in [2.75, 3.05) is 5.88 Å². The first-order valence-electron chi connectivity index (χ1n) is 5.79. The molecule has 88 valence electrons. The Morgan fingerprint density at radius 3 is 2.53 bits per heavy atom. The van der Waals surface area contributed by atoms with Gasteiger partial charge in [0.25, 0.3) is 0 Å². The van der Waals surface area contributed by atoms with Gasteiger partial charge in [0.15, 0.2) is 0 Å². The predicted molar refractivity (Wildman–Crippen MR) is 62.7 cm³/mol. The lowest BCUT2D eigenvalue weighted by atomic mass is 10.00. The maximum atomic E-state index is 11.5. The molecule has 0 bridgehead atoms. The Hall–Kier alpha value is -0.280. The lowest BCUT2D eigenvalue weighted by Crippen LogP contribution is -2.54. The van der Waals surface area contributed by atoms with Gasteiger partial charge in [-0.3, -0.25) is 10.2 Å². The van der Waals surface area contributed by atoms with Gasteiger partial charge in [-0.1, -0.05) is 6.42 Å². The summed E-state index contributed by atoms with van der Waals surface area (Å²) in [4.78, 5) is 11.5. The first-order valence-corrected chi connectivity index (χ1v) is 6.32. The normalized spacial score (nSPS) is 27.7. The van der Waals surface area contributed by atoms with E-state index >= 15 is 0 Å². The number of carbonyl (C=O) groups is 1. The number of rotatable bonds is 4. The first-order chi connectivity index (χ1) is 7.15. The highest BCUT2D eigenvalue weighted by atomic mass is 35.5. The van der Waals surface area contributed by atoms with Crippen LogP contribution in [0.5, 0.6) is 0 Å². The zero-order valence-corrected chi connectivity index (χ0v) is 10.4. The molecule has 1 heterocycles. The fourth-order valence-electron chi connectivity index (χ4n) is 2.07. The second-order valence-electron chi connectivity index (χ2n) is 4.36. The standard InChI is InChI=1S/C11H21ClN2O/c1-9-5-3-6-10(2)14(9)13-11(15)7-4-8-12/h9-10H,3-8H2,1-2H3,(H,13,15). The predicted octanol–water partition coefficient (Wildman–Crippen LogP) is 2.30. The van der Waals surface area contributed by atoms with Gasteiger partial charge in [-0.2, -0.15) is 0 Å². The zero-order chi connectivity index (χ0) is 11.3. The molecule has 0 spiro atoms. The van der Waals surface area contributed by atoms with Gasteiger partial charge in [-0.05, 0) is 33.1 Å². The quantitative estimate of drug-likeness (QED) is 0.755. The average molecular weight is 233 g/mol. The first kappa shape index (κ1) is 12.8. The molecule has 2 unspecified atom stereocenters. The van der Waals surface area contributed by atoms with E-state index in [9.17, 15) is 4.79 Å².